The molecule has 1 aliphatic rings. The molecular formula is C18H22NPS. The molecule has 21 heavy (non-hydrogen) atoms. The van der Waals surface area contributed by atoms with E-state index in [2.05, 4.69) is 65.6 Å². The second-order valence-electron chi connectivity index (χ2n) is 5.73. The molecule has 0 saturated carbocycles. The molecule has 1 heterocycles. The lowest BCUT2D eigenvalue weighted by Crippen LogP contribution is -2.34. The third-order valence-corrected chi connectivity index (χ3v) is 8.87. The van der Waals surface area contributed by atoms with Crippen molar-refractivity contribution in [2.45, 2.75) is 19.3 Å². The van der Waals surface area contributed by atoms with Crippen molar-refractivity contribution in [2.75, 3.05) is 19.4 Å². The van der Waals surface area contributed by atoms with Gasteiger partial charge in [-0.2, -0.15) is 0 Å². The first kappa shape index (κ1) is 15.0. The van der Waals surface area contributed by atoms with Crippen molar-refractivity contribution in [2.24, 2.45) is 0 Å². The van der Waals surface area contributed by atoms with Crippen LogP contribution in [0.2, 0.25) is 0 Å². The van der Waals surface area contributed by atoms with Gasteiger partial charge in [-0.3, -0.25) is 4.90 Å². The zero-order chi connectivity index (χ0) is 14.5. The molecule has 3 heteroatoms. The maximum Gasteiger partial charge on any atom is 0.0351 e. The second-order valence-corrected chi connectivity index (χ2v) is 10.4. The zero-order valence-electron chi connectivity index (χ0n) is 12.3. The van der Waals surface area contributed by atoms with Crippen molar-refractivity contribution in [3.63, 3.8) is 0 Å². The Hall–Kier alpha value is -0.950. The minimum atomic E-state index is -1.73. The normalized spacial score (nSPS) is 16.8. The number of benzene rings is 2. The fraction of sp³-hybridized carbons (Fsp3) is 0.333. The molecule has 0 amide bonds. The molecule has 0 atom stereocenters. The summed E-state index contributed by atoms with van der Waals surface area (Å²) in [6.45, 7) is 2.41. The average molecular weight is 315 g/mol. The van der Waals surface area contributed by atoms with Crippen molar-refractivity contribution in [3.05, 3.63) is 60.7 Å². The van der Waals surface area contributed by atoms with Gasteiger partial charge in [0.1, 0.15) is 0 Å². The molecule has 1 nitrogen and oxygen atoms in total. The number of hydrogen-bond acceptors (Lipinski definition) is 2. The summed E-state index contributed by atoms with van der Waals surface area (Å²) in [6, 6.07) is 19.8. The smallest absolute Gasteiger partial charge is 0.0351 e. The van der Waals surface area contributed by atoms with Crippen LogP contribution in [-0.4, -0.2) is 24.3 Å². The van der Waals surface area contributed by atoms with Gasteiger partial charge in [-0.05, 0) is 36.5 Å². The van der Waals surface area contributed by atoms with Crippen LogP contribution in [0.1, 0.15) is 19.3 Å². The lowest BCUT2D eigenvalue weighted by Gasteiger charge is -2.33. The van der Waals surface area contributed by atoms with Crippen molar-refractivity contribution >= 4 is 28.5 Å². The average Bonchev–Trinajstić information content (AvgIpc) is 2.57. The van der Waals surface area contributed by atoms with Gasteiger partial charge in [-0.1, -0.05) is 78.9 Å². The van der Waals surface area contributed by atoms with Crippen LogP contribution in [0.3, 0.4) is 0 Å². The van der Waals surface area contributed by atoms with E-state index in [1.807, 2.05) is 0 Å². The van der Waals surface area contributed by atoms with E-state index in [0.29, 0.717) is 0 Å². The van der Waals surface area contributed by atoms with E-state index < -0.39 is 6.04 Å². The standard InChI is InChI=1S/C18H22NPS/c21-20(17-10-4-1-5-11-17,18-12-6-2-7-13-18)16-19-14-8-3-9-15-19/h1-2,4-7,10-13H,3,8-9,14-16H2. The van der Waals surface area contributed by atoms with Crippen LogP contribution in [0.15, 0.2) is 60.7 Å². The highest BCUT2D eigenvalue weighted by Crippen LogP contribution is 2.44. The number of piperidine rings is 1. The molecule has 1 aliphatic heterocycles. The van der Waals surface area contributed by atoms with Gasteiger partial charge >= 0.3 is 0 Å². The van der Waals surface area contributed by atoms with E-state index in [1.54, 1.807) is 0 Å². The van der Waals surface area contributed by atoms with Crippen molar-refractivity contribution in [1.82, 2.24) is 4.90 Å². The lowest BCUT2D eigenvalue weighted by molar-refractivity contribution is 0.265. The molecular weight excluding hydrogens is 293 g/mol. The van der Waals surface area contributed by atoms with Gasteiger partial charge in [0.15, 0.2) is 0 Å². The van der Waals surface area contributed by atoms with Crippen LogP contribution in [0, 0.1) is 0 Å². The van der Waals surface area contributed by atoms with Gasteiger partial charge in [-0.15, -0.1) is 0 Å². The largest absolute Gasteiger partial charge is 0.298 e. The van der Waals surface area contributed by atoms with Gasteiger partial charge in [0.05, 0.1) is 0 Å². The van der Waals surface area contributed by atoms with Crippen molar-refractivity contribution in [1.29, 1.82) is 0 Å². The third-order valence-electron chi connectivity index (χ3n) is 4.19. The first-order valence-corrected chi connectivity index (χ1v) is 10.7. The van der Waals surface area contributed by atoms with Crippen molar-refractivity contribution in [3.8, 4) is 0 Å². The van der Waals surface area contributed by atoms with E-state index >= 15 is 0 Å². The number of nitrogens with zero attached hydrogens (tertiary/aromatic N) is 1. The molecule has 0 N–H and O–H groups in total. The molecule has 0 aliphatic carbocycles. The molecule has 0 spiro atoms. The summed E-state index contributed by atoms with van der Waals surface area (Å²) in [7, 11) is 0. The van der Waals surface area contributed by atoms with Gasteiger partial charge in [0.2, 0.25) is 0 Å². The minimum absolute atomic E-state index is 1.04. The van der Waals surface area contributed by atoms with Gasteiger partial charge in [0, 0.05) is 12.3 Å². The highest BCUT2D eigenvalue weighted by Gasteiger charge is 2.25. The van der Waals surface area contributed by atoms with E-state index in [9.17, 15) is 0 Å². The van der Waals surface area contributed by atoms with E-state index in [4.69, 9.17) is 11.8 Å². The Morgan fingerprint density at radius 2 is 1.24 bits per heavy atom. The molecule has 0 unspecified atom stereocenters. The van der Waals surface area contributed by atoms with Crippen LogP contribution in [-0.2, 0) is 11.8 Å². The molecule has 1 fully saturated rings. The number of rotatable bonds is 4. The monoisotopic (exact) mass is 315 g/mol. The van der Waals surface area contributed by atoms with Crippen LogP contribution >= 0.6 is 6.04 Å². The molecule has 3 rings (SSSR count). The zero-order valence-corrected chi connectivity index (χ0v) is 14.0. The molecule has 2 aromatic rings. The highest BCUT2D eigenvalue weighted by molar-refractivity contribution is 8.21. The maximum atomic E-state index is 6.29. The summed E-state index contributed by atoms with van der Waals surface area (Å²) >= 11 is 6.29. The van der Waals surface area contributed by atoms with Gasteiger partial charge in [-0.25, -0.2) is 0 Å². The fourth-order valence-electron chi connectivity index (χ4n) is 3.03. The first-order valence-electron chi connectivity index (χ1n) is 7.72. The Balaban J connectivity index is 1.96. The lowest BCUT2D eigenvalue weighted by atomic mass is 10.1. The van der Waals surface area contributed by atoms with Crippen LogP contribution < -0.4 is 10.6 Å². The van der Waals surface area contributed by atoms with Crippen molar-refractivity contribution < 1.29 is 0 Å². The highest BCUT2D eigenvalue weighted by atomic mass is 32.4. The molecule has 110 valence electrons. The summed E-state index contributed by atoms with van der Waals surface area (Å²) in [5.74, 6) is 0. The maximum absolute atomic E-state index is 6.29. The fourth-order valence-corrected chi connectivity index (χ4v) is 7.03. The second kappa shape index (κ2) is 6.87. The third kappa shape index (κ3) is 3.45. The van der Waals surface area contributed by atoms with Gasteiger partial charge in [0.25, 0.3) is 0 Å². The van der Waals surface area contributed by atoms with Gasteiger partial charge < -0.3 is 0 Å². The first-order chi connectivity index (χ1) is 10.3. The molecule has 0 aromatic heterocycles. The summed E-state index contributed by atoms with van der Waals surface area (Å²) in [6.07, 6.45) is 5.05. The summed E-state index contributed by atoms with van der Waals surface area (Å²) in [4.78, 5) is 2.59. The predicted molar refractivity (Wildman–Crippen MR) is 96.7 cm³/mol. The van der Waals surface area contributed by atoms with Crippen LogP contribution in [0.25, 0.3) is 0 Å². The van der Waals surface area contributed by atoms with E-state index in [-0.39, 0.29) is 0 Å². The van der Waals surface area contributed by atoms with E-state index in [0.717, 1.165) is 6.29 Å². The quantitative estimate of drug-likeness (QED) is 0.794. The molecule has 1 saturated heterocycles. The molecule has 0 bridgehead atoms. The number of likely N-dealkylation sites (tertiary alicyclic amines) is 1. The Morgan fingerprint density at radius 1 is 0.762 bits per heavy atom. The predicted octanol–water partition coefficient (Wildman–Crippen LogP) is 3.56. The van der Waals surface area contributed by atoms with Crippen LogP contribution in [0.4, 0.5) is 0 Å². The Labute approximate surface area is 133 Å². The molecule has 2 aromatic carbocycles. The Kier molecular flexibility index (Phi) is 4.90. The SMILES string of the molecule is S=P(CN1CCCCC1)(c1ccccc1)c1ccccc1. The summed E-state index contributed by atoms with van der Waals surface area (Å²) < 4.78 is 0. The Morgan fingerprint density at radius 3 is 1.71 bits per heavy atom. The molecule has 0 radical (unpaired) electrons. The number of hydrogen-bond donors (Lipinski definition) is 0. The van der Waals surface area contributed by atoms with Crippen LogP contribution in [0.5, 0.6) is 0 Å². The topological polar surface area (TPSA) is 3.24 Å². The Bertz CT molecular complexity index is 562. The summed E-state index contributed by atoms with van der Waals surface area (Å²) in [5.41, 5.74) is 0. The van der Waals surface area contributed by atoms with E-state index in [1.165, 1.54) is 43.0 Å². The summed E-state index contributed by atoms with van der Waals surface area (Å²) in [5, 5.41) is 2.69. The minimum Gasteiger partial charge on any atom is -0.298 e.